The normalized spacial score (nSPS) is 17.3. The van der Waals surface area contributed by atoms with E-state index in [-0.39, 0.29) is 5.75 Å². The van der Waals surface area contributed by atoms with Crippen molar-refractivity contribution in [3.8, 4) is 28.3 Å². The Morgan fingerprint density at radius 2 is 2.07 bits per heavy atom. The van der Waals surface area contributed by atoms with E-state index in [1.807, 2.05) is 12.1 Å². The number of piperazine rings is 1. The van der Waals surface area contributed by atoms with Crippen LogP contribution in [-0.2, 0) is 7.05 Å². The molecular formula is C19H24N8O. The maximum Gasteiger partial charge on any atom is 0.245 e. The van der Waals surface area contributed by atoms with Gasteiger partial charge in [-0.1, -0.05) is 25.1 Å². The maximum atomic E-state index is 10.5. The highest BCUT2D eigenvalue weighted by atomic mass is 16.3. The molecule has 3 heterocycles. The average Bonchev–Trinajstić information content (AvgIpc) is 3.14. The lowest BCUT2D eigenvalue weighted by molar-refractivity contribution is 0.365. The maximum absolute atomic E-state index is 10.5. The molecule has 1 saturated heterocycles. The number of phenolic OH excluding ortho intramolecular Hbond substituents is 1. The minimum absolute atomic E-state index is 0.115. The molecule has 0 unspecified atom stereocenters. The van der Waals surface area contributed by atoms with E-state index in [0.717, 1.165) is 30.9 Å². The Kier molecular flexibility index (Phi) is 4.91. The number of hydrogen-bond acceptors (Lipinski definition) is 8. The molecule has 9 heteroatoms. The van der Waals surface area contributed by atoms with Gasteiger partial charge in [-0.15, -0.1) is 15.3 Å². The summed E-state index contributed by atoms with van der Waals surface area (Å²) >= 11 is 0. The fourth-order valence-corrected chi connectivity index (χ4v) is 3.40. The van der Waals surface area contributed by atoms with E-state index < -0.39 is 0 Å². The number of aryl methyl sites for hydroxylation is 1. The molecule has 4 rings (SSSR count). The smallest absolute Gasteiger partial charge is 0.245 e. The van der Waals surface area contributed by atoms with Crippen molar-refractivity contribution in [3.63, 3.8) is 0 Å². The van der Waals surface area contributed by atoms with Crippen LogP contribution in [0.1, 0.15) is 13.8 Å². The van der Waals surface area contributed by atoms with Gasteiger partial charge in [0.05, 0.1) is 18.1 Å². The van der Waals surface area contributed by atoms with E-state index in [1.54, 1.807) is 30.2 Å². The molecule has 28 heavy (non-hydrogen) atoms. The Labute approximate surface area is 163 Å². The third-order valence-electron chi connectivity index (χ3n) is 5.13. The van der Waals surface area contributed by atoms with Crippen LogP contribution < -0.4 is 10.2 Å². The van der Waals surface area contributed by atoms with Crippen molar-refractivity contribution in [1.29, 1.82) is 0 Å². The summed E-state index contributed by atoms with van der Waals surface area (Å²) in [7, 11) is 1.81. The molecular weight excluding hydrogens is 356 g/mol. The van der Waals surface area contributed by atoms with E-state index in [2.05, 4.69) is 49.6 Å². The van der Waals surface area contributed by atoms with Crippen molar-refractivity contribution in [2.45, 2.75) is 19.9 Å². The SMILES string of the molecule is CC(C)[C@H]1CN(c2ncc(-c3ccc(-c4cnnn4C)cc3O)nn2)CCN1. The van der Waals surface area contributed by atoms with Crippen LogP contribution in [0.15, 0.2) is 30.6 Å². The van der Waals surface area contributed by atoms with E-state index in [0.29, 0.717) is 29.2 Å². The summed E-state index contributed by atoms with van der Waals surface area (Å²) < 4.78 is 1.66. The van der Waals surface area contributed by atoms with Crippen molar-refractivity contribution in [3.05, 3.63) is 30.6 Å². The summed E-state index contributed by atoms with van der Waals surface area (Å²) in [5.41, 5.74) is 2.77. The van der Waals surface area contributed by atoms with Gasteiger partial charge in [0.2, 0.25) is 5.95 Å². The molecule has 0 amide bonds. The summed E-state index contributed by atoms with van der Waals surface area (Å²) in [5, 5.41) is 30.4. The van der Waals surface area contributed by atoms with Gasteiger partial charge in [-0.25, -0.2) is 9.67 Å². The Hall–Kier alpha value is -3.07. The van der Waals surface area contributed by atoms with Crippen molar-refractivity contribution in [2.75, 3.05) is 24.5 Å². The van der Waals surface area contributed by atoms with Gasteiger partial charge in [-0.3, -0.25) is 0 Å². The minimum Gasteiger partial charge on any atom is -0.507 e. The fraction of sp³-hybridized carbons (Fsp3) is 0.421. The Morgan fingerprint density at radius 3 is 2.71 bits per heavy atom. The molecule has 0 saturated carbocycles. The molecule has 0 aliphatic carbocycles. The second-order valence-electron chi connectivity index (χ2n) is 7.37. The van der Waals surface area contributed by atoms with Gasteiger partial charge in [-0.05, 0) is 18.1 Å². The van der Waals surface area contributed by atoms with Crippen molar-refractivity contribution < 1.29 is 5.11 Å². The predicted octanol–water partition coefficient (Wildman–Crippen LogP) is 1.47. The number of rotatable bonds is 4. The summed E-state index contributed by atoms with van der Waals surface area (Å²) in [6.45, 7) is 7.02. The highest BCUT2D eigenvalue weighted by molar-refractivity contribution is 5.72. The van der Waals surface area contributed by atoms with Crippen molar-refractivity contribution in [1.82, 2.24) is 35.5 Å². The summed E-state index contributed by atoms with van der Waals surface area (Å²) in [5.74, 6) is 1.28. The Balaban J connectivity index is 1.55. The second kappa shape index (κ2) is 7.51. The van der Waals surface area contributed by atoms with Gasteiger partial charge in [0.15, 0.2) is 0 Å². The molecule has 0 spiro atoms. The monoisotopic (exact) mass is 380 g/mol. The van der Waals surface area contributed by atoms with Crippen LogP contribution in [0.3, 0.4) is 0 Å². The van der Waals surface area contributed by atoms with Gasteiger partial charge in [-0.2, -0.15) is 0 Å². The number of hydrogen-bond donors (Lipinski definition) is 2. The highest BCUT2D eigenvalue weighted by Gasteiger charge is 2.23. The number of phenols is 1. The highest BCUT2D eigenvalue weighted by Crippen LogP contribution is 2.31. The van der Waals surface area contributed by atoms with Crippen LogP contribution in [0, 0.1) is 5.92 Å². The van der Waals surface area contributed by atoms with Crippen LogP contribution in [0.5, 0.6) is 5.75 Å². The predicted molar refractivity (Wildman–Crippen MR) is 106 cm³/mol. The quantitative estimate of drug-likeness (QED) is 0.701. The number of benzene rings is 1. The molecule has 2 N–H and O–H groups in total. The second-order valence-corrected chi connectivity index (χ2v) is 7.37. The molecule has 1 atom stereocenters. The molecule has 3 aromatic rings. The van der Waals surface area contributed by atoms with Crippen LogP contribution in [0.2, 0.25) is 0 Å². The summed E-state index contributed by atoms with van der Waals surface area (Å²) in [6, 6.07) is 5.79. The molecule has 1 aliphatic rings. The van der Waals surface area contributed by atoms with Gasteiger partial charge in [0.25, 0.3) is 0 Å². The van der Waals surface area contributed by atoms with Gasteiger partial charge >= 0.3 is 0 Å². The summed E-state index contributed by atoms with van der Waals surface area (Å²) in [4.78, 5) is 6.64. The van der Waals surface area contributed by atoms with Crippen LogP contribution in [-0.4, -0.2) is 61.0 Å². The Morgan fingerprint density at radius 1 is 1.21 bits per heavy atom. The lowest BCUT2D eigenvalue weighted by Crippen LogP contribution is -2.53. The van der Waals surface area contributed by atoms with E-state index in [9.17, 15) is 5.11 Å². The molecule has 1 fully saturated rings. The third-order valence-corrected chi connectivity index (χ3v) is 5.13. The molecule has 0 radical (unpaired) electrons. The number of anilines is 1. The first-order valence-electron chi connectivity index (χ1n) is 9.39. The van der Waals surface area contributed by atoms with E-state index in [4.69, 9.17) is 0 Å². The molecule has 9 nitrogen and oxygen atoms in total. The van der Waals surface area contributed by atoms with E-state index in [1.165, 1.54) is 0 Å². The first-order valence-corrected chi connectivity index (χ1v) is 9.39. The lowest BCUT2D eigenvalue weighted by atomic mass is 10.0. The van der Waals surface area contributed by atoms with Crippen LogP contribution in [0.25, 0.3) is 22.5 Å². The van der Waals surface area contributed by atoms with Gasteiger partial charge in [0, 0.05) is 43.9 Å². The largest absolute Gasteiger partial charge is 0.507 e. The standard InChI is InChI=1S/C19H24N8O/c1-12(2)16-11-27(7-6-20-16)19-21-9-15(23-24-19)14-5-4-13(8-18(14)28)17-10-22-25-26(17)3/h4-5,8-10,12,16,20,28H,6-7,11H2,1-3H3/t16-/m1/s1. The number of nitrogens with one attached hydrogen (secondary N) is 1. The van der Waals surface area contributed by atoms with Gasteiger partial charge in [0.1, 0.15) is 11.4 Å². The van der Waals surface area contributed by atoms with Crippen molar-refractivity contribution in [2.24, 2.45) is 13.0 Å². The van der Waals surface area contributed by atoms with Crippen molar-refractivity contribution >= 4 is 5.95 Å². The Bertz CT molecular complexity index is 953. The van der Waals surface area contributed by atoms with E-state index >= 15 is 0 Å². The van der Waals surface area contributed by atoms with Crippen LogP contribution in [0.4, 0.5) is 5.95 Å². The zero-order valence-electron chi connectivity index (χ0n) is 16.2. The molecule has 146 valence electrons. The molecule has 0 bridgehead atoms. The fourth-order valence-electron chi connectivity index (χ4n) is 3.40. The molecule has 1 aliphatic heterocycles. The lowest BCUT2D eigenvalue weighted by Gasteiger charge is -2.35. The molecule has 1 aromatic carbocycles. The van der Waals surface area contributed by atoms with Crippen LogP contribution >= 0.6 is 0 Å². The number of aromatic hydroxyl groups is 1. The van der Waals surface area contributed by atoms with Gasteiger partial charge < -0.3 is 15.3 Å². The third kappa shape index (κ3) is 3.53. The first kappa shape index (κ1) is 18.3. The zero-order chi connectivity index (χ0) is 19.7. The average molecular weight is 380 g/mol. The topological polar surface area (TPSA) is 105 Å². The number of nitrogens with zero attached hydrogens (tertiary/aromatic N) is 7. The first-order chi connectivity index (χ1) is 13.5. The number of aromatic nitrogens is 6. The molecule has 2 aromatic heterocycles. The minimum atomic E-state index is 0.115. The summed E-state index contributed by atoms with van der Waals surface area (Å²) in [6.07, 6.45) is 3.32. The zero-order valence-corrected chi connectivity index (χ0v) is 16.2.